The number of carbonyl (C=O) groups is 1. The van der Waals surface area contributed by atoms with E-state index >= 15 is 0 Å². The minimum absolute atomic E-state index is 0.111. The number of aryl methyl sites for hydroxylation is 1. The molecule has 1 fully saturated rings. The Morgan fingerprint density at radius 3 is 2.65 bits per heavy atom. The molecule has 3 heterocycles. The molecule has 4 heteroatoms. The van der Waals surface area contributed by atoms with Crippen LogP contribution in [0.5, 0.6) is 0 Å². The van der Waals surface area contributed by atoms with Crippen molar-refractivity contribution in [3.05, 3.63) is 35.8 Å². The molecule has 106 valence electrons. The van der Waals surface area contributed by atoms with Crippen molar-refractivity contribution in [3.63, 3.8) is 0 Å². The van der Waals surface area contributed by atoms with Crippen LogP contribution in [0.3, 0.4) is 0 Å². The van der Waals surface area contributed by atoms with Gasteiger partial charge in [0, 0.05) is 19.3 Å². The third kappa shape index (κ3) is 2.19. The largest absolute Gasteiger partial charge is 0.337 e. The molecule has 0 aromatic carbocycles. The van der Waals surface area contributed by atoms with Crippen molar-refractivity contribution in [3.8, 4) is 0 Å². The lowest BCUT2D eigenvalue weighted by atomic mass is 9.91. The number of piperidine rings is 1. The summed E-state index contributed by atoms with van der Waals surface area (Å²) in [7, 11) is 0. The number of hydrogen-bond acceptors (Lipinski definition) is 2. The van der Waals surface area contributed by atoms with E-state index in [0.717, 1.165) is 24.4 Å². The lowest BCUT2D eigenvalue weighted by Gasteiger charge is -2.35. The number of likely N-dealkylation sites (tertiary alicyclic amines) is 1. The van der Waals surface area contributed by atoms with Gasteiger partial charge in [-0.1, -0.05) is 19.9 Å². The maximum Gasteiger partial charge on any atom is 0.272 e. The molecule has 0 N–H and O–H groups in total. The molecular weight excluding hydrogens is 250 g/mol. The third-order valence-corrected chi connectivity index (χ3v) is 4.06. The fourth-order valence-corrected chi connectivity index (χ4v) is 3.35. The Labute approximate surface area is 119 Å². The first kappa shape index (κ1) is 13.2. The molecule has 3 rings (SSSR count). The molecular formula is C16H21N3O. The average Bonchev–Trinajstić information content (AvgIpc) is 2.72. The molecule has 0 saturated carbocycles. The minimum atomic E-state index is 0.111. The summed E-state index contributed by atoms with van der Waals surface area (Å²) >= 11 is 0. The molecule has 1 aliphatic heterocycles. The maximum absolute atomic E-state index is 12.9. The average molecular weight is 271 g/mol. The molecule has 2 atom stereocenters. The second kappa shape index (κ2) is 4.93. The molecule has 0 bridgehead atoms. The van der Waals surface area contributed by atoms with Crippen molar-refractivity contribution in [1.82, 2.24) is 14.3 Å². The molecule has 0 spiro atoms. The van der Waals surface area contributed by atoms with Gasteiger partial charge in [-0.3, -0.25) is 9.20 Å². The summed E-state index contributed by atoms with van der Waals surface area (Å²) in [6.07, 6.45) is 3.12. The number of rotatable bonds is 1. The topological polar surface area (TPSA) is 37.6 Å². The maximum atomic E-state index is 12.9. The Morgan fingerprint density at radius 1 is 1.25 bits per heavy atom. The Bertz CT molecular complexity index is 636. The van der Waals surface area contributed by atoms with Gasteiger partial charge in [0.2, 0.25) is 0 Å². The van der Waals surface area contributed by atoms with E-state index in [4.69, 9.17) is 0 Å². The molecule has 0 aliphatic carbocycles. The highest BCUT2D eigenvalue weighted by Gasteiger charge is 2.28. The second-order valence-electron chi connectivity index (χ2n) is 6.13. The Kier molecular flexibility index (Phi) is 3.24. The van der Waals surface area contributed by atoms with Gasteiger partial charge in [0.15, 0.2) is 0 Å². The predicted molar refractivity (Wildman–Crippen MR) is 78.8 cm³/mol. The van der Waals surface area contributed by atoms with E-state index in [2.05, 4.69) is 18.8 Å². The number of amides is 1. The highest BCUT2D eigenvalue weighted by molar-refractivity contribution is 5.94. The fourth-order valence-electron chi connectivity index (χ4n) is 3.35. The standard InChI is InChI=1S/C16H21N3O/c1-11-8-12(2)10-18(9-11)16(20)15-13(3)17-14-6-4-5-7-19(14)15/h4-7,11-12H,8-10H2,1-3H3. The number of carbonyl (C=O) groups excluding carboxylic acids is 1. The fraction of sp³-hybridized carbons (Fsp3) is 0.500. The van der Waals surface area contributed by atoms with Gasteiger partial charge in [0.25, 0.3) is 5.91 Å². The van der Waals surface area contributed by atoms with E-state index in [0.29, 0.717) is 17.5 Å². The van der Waals surface area contributed by atoms with E-state index < -0.39 is 0 Å². The highest BCUT2D eigenvalue weighted by Crippen LogP contribution is 2.23. The van der Waals surface area contributed by atoms with Gasteiger partial charge >= 0.3 is 0 Å². The normalized spacial score (nSPS) is 23.2. The zero-order valence-corrected chi connectivity index (χ0v) is 12.3. The molecule has 2 unspecified atom stereocenters. The van der Waals surface area contributed by atoms with E-state index in [-0.39, 0.29) is 5.91 Å². The summed E-state index contributed by atoms with van der Waals surface area (Å²) in [4.78, 5) is 19.3. The molecule has 1 saturated heterocycles. The summed E-state index contributed by atoms with van der Waals surface area (Å²) < 4.78 is 1.90. The van der Waals surface area contributed by atoms with E-state index in [1.165, 1.54) is 6.42 Å². The van der Waals surface area contributed by atoms with Crippen LogP contribution >= 0.6 is 0 Å². The van der Waals surface area contributed by atoms with Crippen molar-refractivity contribution in [1.29, 1.82) is 0 Å². The van der Waals surface area contributed by atoms with Crippen LogP contribution in [0, 0.1) is 18.8 Å². The molecule has 0 radical (unpaired) electrons. The zero-order valence-electron chi connectivity index (χ0n) is 12.3. The van der Waals surface area contributed by atoms with Crippen molar-refractivity contribution in [2.45, 2.75) is 27.2 Å². The van der Waals surface area contributed by atoms with E-state index in [9.17, 15) is 4.79 Å². The molecule has 4 nitrogen and oxygen atoms in total. The number of aromatic nitrogens is 2. The Hall–Kier alpha value is -1.84. The van der Waals surface area contributed by atoms with E-state index in [1.54, 1.807) is 0 Å². The summed E-state index contributed by atoms with van der Waals surface area (Å²) in [6, 6.07) is 5.82. The first-order valence-electron chi connectivity index (χ1n) is 7.29. The van der Waals surface area contributed by atoms with E-state index in [1.807, 2.05) is 40.6 Å². The van der Waals surface area contributed by atoms with Crippen LogP contribution < -0.4 is 0 Å². The highest BCUT2D eigenvalue weighted by atomic mass is 16.2. The van der Waals surface area contributed by atoms with Crippen LogP contribution in [0.15, 0.2) is 24.4 Å². The predicted octanol–water partition coefficient (Wildman–Crippen LogP) is 2.76. The first-order chi connectivity index (χ1) is 9.56. The first-order valence-corrected chi connectivity index (χ1v) is 7.29. The number of imidazole rings is 1. The van der Waals surface area contributed by atoms with Gasteiger partial charge in [0.05, 0.1) is 5.69 Å². The SMILES string of the molecule is Cc1nc2ccccn2c1C(=O)N1CC(C)CC(C)C1. The second-order valence-corrected chi connectivity index (χ2v) is 6.13. The molecule has 2 aromatic rings. The quantitative estimate of drug-likeness (QED) is 0.800. The van der Waals surface area contributed by atoms with Gasteiger partial charge in [-0.2, -0.15) is 0 Å². The van der Waals surface area contributed by atoms with Gasteiger partial charge in [0.1, 0.15) is 11.3 Å². The summed E-state index contributed by atoms with van der Waals surface area (Å²) in [5, 5.41) is 0. The summed E-state index contributed by atoms with van der Waals surface area (Å²) in [5.74, 6) is 1.25. The van der Waals surface area contributed by atoms with Crippen LogP contribution in [0.1, 0.15) is 36.5 Å². The van der Waals surface area contributed by atoms with Crippen LogP contribution in [0.2, 0.25) is 0 Å². The Morgan fingerprint density at radius 2 is 1.95 bits per heavy atom. The lowest BCUT2D eigenvalue weighted by molar-refractivity contribution is 0.0615. The molecule has 1 amide bonds. The molecule has 1 aliphatic rings. The third-order valence-electron chi connectivity index (χ3n) is 4.06. The minimum Gasteiger partial charge on any atom is -0.337 e. The van der Waals surface area contributed by atoms with Crippen molar-refractivity contribution in [2.75, 3.05) is 13.1 Å². The van der Waals surface area contributed by atoms with Crippen molar-refractivity contribution >= 4 is 11.6 Å². The summed E-state index contributed by atoms with van der Waals surface area (Å²) in [6.45, 7) is 8.05. The Balaban J connectivity index is 1.98. The van der Waals surface area contributed by atoms with Crippen molar-refractivity contribution < 1.29 is 4.79 Å². The van der Waals surface area contributed by atoms with Crippen LogP contribution in [0.25, 0.3) is 5.65 Å². The zero-order chi connectivity index (χ0) is 14.3. The number of fused-ring (bicyclic) bond motifs is 1. The van der Waals surface area contributed by atoms with Gasteiger partial charge < -0.3 is 4.90 Å². The summed E-state index contributed by atoms with van der Waals surface area (Å²) in [5.41, 5.74) is 2.36. The van der Waals surface area contributed by atoms with Crippen molar-refractivity contribution in [2.24, 2.45) is 11.8 Å². The van der Waals surface area contributed by atoms with Crippen LogP contribution in [0.4, 0.5) is 0 Å². The number of pyridine rings is 1. The van der Waals surface area contributed by atoms with Gasteiger partial charge in [-0.05, 0) is 37.3 Å². The van der Waals surface area contributed by atoms with Gasteiger partial charge in [-0.25, -0.2) is 4.98 Å². The number of nitrogens with zero attached hydrogens (tertiary/aromatic N) is 3. The van der Waals surface area contributed by atoms with Crippen LogP contribution in [-0.4, -0.2) is 33.3 Å². The van der Waals surface area contributed by atoms with Gasteiger partial charge in [-0.15, -0.1) is 0 Å². The lowest BCUT2D eigenvalue weighted by Crippen LogP contribution is -2.43. The molecule has 20 heavy (non-hydrogen) atoms. The number of hydrogen-bond donors (Lipinski definition) is 0. The molecule has 2 aromatic heterocycles. The smallest absolute Gasteiger partial charge is 0.272 e. The van der Waals surface area contributed by atoms with Crippen LogP contribution in [-0.2, 0) is 0 Å². The monoisotopic (exact) mass is 271 g/mol.